The molecule has 1 aliphatic heterocycles. The highest BCUT2D eigenvalue weighted by Crippen LogP contribution is 2.34. The predicted molar refractivity (Wildman–Crippen MR) is 96.5 cm³/mol. The Hall–Kier alpha value is -3.61. The van der Waals surface area contributed by atoms with Gasteiger partial charge in [0.1, 0.15) is 5.75 Å². The minimum atomic E-state index is -0.908. The van der Waals surface area contributed by atoms with Gasteiger partial charge >= 0.3 is 5.97 Å². The number of rotatable bonds is 3. The normalized spacial score (nSPS) is 15.6. The van der Waals surface area contributed by atoms with Gasteiger partial charge in [-0.2, -0.15) is 0 Å². The Morgan fingerprint density at radius 2 is 1.85 bits per heavy atom. The molecule has 0 unspecified atom stereocenters. The lowest BCUT2D eigenvalue weighted by atomic mass is 10.1. The average Bonchev–Trinajstić information content (AvgIpc) is 3.22. The third-order valence-electron chi connectivity index (χ3n) is 4.27. The molecule has 0 radical (unpaired) electrons. The monoisotopic (exact) mass is 364 g/mol. The molecule has 0 N–H and O–H groups in total. The van der Waals surface area contributed by atoms with Gasteiger partial charge in [-0.15, -0.1) is 0 Å². The Labute approximate surface area is 155 Å². The Morgan fingerprint density at radius 1 is 1.11 bits per heavy atom. The van der Waals surface area contributed by atoms with Crippen LogP contribution in [0.1, 0.15) is 10.5 Å². The maximum atomic E-state index is 13.1. The number of amides is 1. The Morgan fingerprint density at radius 3 is 2.63 bits per heavy atom. The molecule has 4 rings (SSSR count). The molecule has 0 spiro atoms. The number of hydrogen-bond acceptors (Lipinski definition) is 6. The van der Waals surface area contributed by atoms with Gasteiger partial charge in [0.2, 0.25) is 6.10 Å². The van der Waals surface area contributed by atoms with E-state index in [1.54, 1.807) is 30.3 Å². The fraction of sp³-hybridized carbons (Fsp3) is 0.150. The van der Waals surface area contributed by atoms with Crippen molar-refractivity contribution < 1.29 is 23.6 Å². The zero-order valence-corrected chi connectivity index (χ0v) is 14.5. The van der Waals surface area contributed by atoms with E-state index in [1.165, 1.54) is 12.0 Å². The molecule has 1 amide bonds. The minimum Gasteiger partial charge on any atom is -0.475 e. The van der Waals surface area contributed by atoms with Gasteiger partial charge in [-0.1, -0.05) is 47.6 Å². The summed E-state index contributed by atoms with van der Waals surface area (Å²) >= 11 is 0. The first-order valence-corrected chi connectivity index (χ1v) is 8.35. The van der Waals surface area contributed by atoms with Gasteiger partial charge < -0.3 is 14.0 Å². The maximum Gasteiger partial charge on any atom is 0.348 e. The summed E-state index contributed by atoms with van der Waals surface area (Å²) in [4.78, 5) is 26.5. The van der Waals surface area contributed by atoms with Gasteiger partial charge in [-0.3, -0.25) is 9.69 Å². The number of nitrogens with zero attached hydrogens (tertiary/aromatic N) is 2. The topological polar surface area (TPSA) is 81.9 Å². The summed E-state index contributed by atoms with van der Waals surface area (Å²) in [6.07, 6.45) is -0.908. The van der Waals surface area contributed by atoms with Gasteiger partial charge in [0.15, 0.2) is 11.5 Å². The third kappa shape index (κ3) is 3.15. The van der Waals surface area contributed by atoms with Gasteiger partial charge in [0.25, 0.3) is 5.91 Å². The Balaban J connectivity index is 1.66. The molecule has 27 heavy (non-hydrogen) atoms. The molecule has 0 saturated carbocycles. The summed E-state index contributed by atoms with van der Waals surface area (Å²) < 4.78 is 15.8. The summed E-state index contributed by atoms with van der Waals surface area (Å²) in [5.74, 6) is -0.0118. The van der Waals surface area contributed by atoms with Crippen molar-refractivity contribution in [2.75, 3.05) is 18.6 Å². The van der Waals surface area contributed by atoms with Crippen molar-refractivity contribution in [2.24, 2.45) is 0 Å². The summed E-state index contributed by atoms with van der Waals surface area (Å²) in [6.45, 7) is 0.0239. The predicted octanol–water partition coefficient (Wildman–Crippen LogP) is 2.92. The van der Waals surface area contributed by atoms with Crippen LogP contribution in [0.25, 0.3) is 11.3 Å². The number of methoxy groups -OCH3 is 1. The van der Waals surface area contributed by atoms with Crippen LogP contribution in [0.2, 0.25) is 0 Å². The van der Waals surface area contributed by atoms with Crippen LogP contribution in [-0.2, 0) is 9.53 Å². The molecule has 2 aromatic carbocycles. The van der Waals surface area contributed by atoms with Crippen molar-refractivity contribution in [1.29, 1.82) is 0 Å². The van der Waals surface area contributed by atoms with Gasteiger partial charge in [0.05, 0.1) is 19.3 Å². The first-order valence-electron chi connectivity index (χ1n) is 8.35. The number of carbonyl (C=O) groups is 2. The van der Waals surface area contributed by atoms with E-state index in [-0.39, 0.29) is 18.1 Å². The van der Waals surface area contributed by atoms with Crippen molar-refractivity contribution >= 4 is 17.6 Å². The van der Waals surface area contributed by atoms with Crippen molar-refractivity contribution in [2.45, 2.75) is 6.10 Å². The summed E-state index contributed by atoms with van der Waals surface area (Å²) in [7, 11) is 1.28. The molecular weight excluding hydrogens is 348 g/mol. The number of aromatic nitrogens is 1. The Kier molecular flexibility index (Phi) is 4.33. The first-order chi connectivity index (χ1) is 13.2. The SMILES string of the molecule is COC(=O)[C@@H]1CN(C(=O)c2cc(-c3ccccc3)on2)c2ccccc2O1. The second-order valence-corrected chi connectivity index (χ2v) is 5.96. The van der Waals surface area contributed by atoms with Gasteiger partial charge in [0, 0.05) is 11.6 Å². The highest BCUT2D eigenvalue weighted by Gasteiger charge is 2.35. The van der Waals surface area contributed by atoms with Crippen LogP contribution < -0.4 is 9.64 Å². The largest absolute Gasteiger partial charge is 0.475 e. The Bertz CT molecular complexity index is 983. The van der Waals surface area contributed by atoms with Crippen molar-refractivity contribution in [3.63, 3.8) is 0 Å². The van der Waals surface area contributed by atoms with Crippen LogP contribution in [0.4, 0.5) is 5.69 Å². The van der Waals surface area contributed by atoms with E-state index in [9.17, 15) is 9.59 Å². The lowest BCUT2D eigenvalue weighted by Crippen LogP contribution is -2.47. The van der Waals surface area contributed by atoms with Crippen LogP contribution >= 0.6 is 0 Å². The molecule has 2 heterocycles. The number of fused-ring (bicyclic) bond motifs is 1. The van der Waals surface area contributed by atoms with Crippen molar-refractivity contribution in [3.8, 4) is 17.1 Å². The molecule has 0 fully saturated rings. The van der Waals surface area contributed by atoms with Crippen LogP contribution in [-0.4, -0.2) is 36.8 Å². The minimum absolute atomic E-state index is 0.0239. The fourth-order valence-corrected chi connectivity index (χ4v) is 2.93. The van der Waals surface area contributed by atoms with E-state index in [1.807, 2.05) is 30.3 Å². The van der Waals surface area contributed by atoms with Crippen LogP contribution in [0, 0.1) is 0 Å². The van der Waals surface area contributed by atoms with E-state index in [0.717, 1.165) is 5.56 Å². The van der Waals surface area contributed by atoms with Crippen LogP contribution in [0.5, 0.6) is 5.75 Å². The number of benzene rings is 2. The van der Waals surface area contributed by atoms with E-state index in [4.69, 9.17) is 14.0 Å². The van der Waals surface area contributed by atoms with Crippen LogP contribution in [0.15, 0.2) is 65.2 Å². The molecule has 3 aromatic rings. The second-order valence-electron chi connectivity index (χ2n) is 5.96. The fourth-order valence-electron chi connectivity index (χ4n) is 2.93. The van der Waals surface area contributed by atoms with E-state index >= 15 is 0 Å². The number of ether oxygens (including phenoxy) is 2. The van der Waals surface area contributed by atoms with Crippen LogP contribution in [0.3, 0.4) is 0 Å². The smallest absolute Gasteiger partial charge is 0.348 e. The lowest BCUT2D eigenvalue weighted by molar-refractivity contribution is -0.148. The highest BCUT2D eigenvalue weighted by molar-refractivity contribution is 6.07. The highest BCUT2D eigenvalue weighted by atomic mass is 16.6. The number of para-hydroxylation sites is 2. The number of anilines is 1. The number of carbonyl (C=O) groups excluding carboxylic acids is 2. The van der Waals surface area contributed by atoms with E-state index in [0.29, 0.717) is 17.2 Å². The average molecular weight is 364 g/mol. The first kappa shape index (κ1) is 16.8. The second kappa shape index (κ2) is 6.95. The molecule has 7 heteroatoms. The molecule has 136 valence electrons. The summed E-state index contributed by atoms with van der Waals surface area (Å²) in [5.41, 5.74) is 1.53. The molecule has 1 aromatic heterocycles. The molecule has 0 aliphatic carbocycles. The summed E-state index contributed by atoms with van der Waals surface area (Å²) in [6, 6.07) is 18.0. The lowest BCUT2D eigenvalue weighted by Gasteiger charge is -2.33. The zero-order valence-electron chi connectivity index (χ0n) is 14.5. The van der Waals surface area contributed by atoms with Gasteiger partial charge in [-0.25, -0.2) is 4.79 Å². The zero-order chi connectivity index (χ0) is 18.8. The molecule has 0 bridgehead atoms. The maximum absolute atomic E-state index is 13.1. The molecule has 1 atom stereocenters. The quantitative estimate of drug-likeness (QED) is 0.665. The number of hydrogen-bond donors (Lipinski definition) is 0. The third-order valence-corrected chi connectivity index (χ3v) is 4.27. The molecule has 0 saturated heterocycles. The van der Waals surface area contributed by atoms with E-state index < -0.39 is 12.1 Å². The van der Waals surface area contributed by atoms with Gasteiger partial charge in [-0.05, 0) is 12.1 Å². The standard InChI is InChI=1S/C20H16N2O5/c1-25-20(24)18-12-22(15-9-5-6-10-16(15)26-18)19(23)14-11-17(27-21-14)13-7-3-2-4-8-13/h2-11,18H,12H2,1H3/t18-/m0/s1. The number of esters is 1. The molecule has 7 nitrogen and oxygen atoms in total. The van der Waals surface area contributed by atoms with E-state index in [2.05, 4.69) is 5.16 Å². The summed E-state index contributed by atoms with van der Waals surface area (Å²) in [5, 5.41) is 3.91. The molecular formula is C20H16N2O5. The van der Waals surface area contributed by atoms with Crippen molar-refractivity contribution in [1.82, 2.24) is 5.16 Å². The molecule has 1 aliphatic rings. The van der Waals surface area contributed by atoms with Crippen molar-refractivity contribution in [3.05, 3.63) is 66.4 Å².